The summed E-state index contributed by atoms with van der Waals surface area (Å²) < 4.78 is 5.37. The molecule has 0 heterocycles. The van der Waals surface area contributed by atoms with Gasteiger partial charge in [-0.15, -0.1) is 0 Å². The first-order valence-electron chi connectivity index (χ1n) is 11.5. The fraction of sp³-hybridized carbons (Fsp3) is 0.286. The van der Waals surface area contributed by atoms with E-state index in [-0.39, 0.29) is 18.2 Å². The van der Waals surface area contributed by atoms with Crippen LogP contribution in [0.15, 0.2) is 78.9 Å². The van der Waals surface area contributed by atoms with Gasteiger partial charge in [-0.25, -0.2) is 0 Å². The molecule has 0 aliphatic carbocycles. The number of halogens is 1. The summed E-state index contributed by atoms with van der Waals surface area (Å²) in [6.07, 6.45) is 1.42. The Hall–Kier alpha value is -3.31. The molecule has 3 rings (SSSR count). The van der Waals surface area contributed by atoms with Crippen molar-refractivity contribution in [2.45, 2.75) is 38.8 Å². The van der Waals surface area contributed by atoms with Gasteiger partial charge in [0.25, 0.3) is 0 Å². The van der Waals surface area contributed by atoms with Gasteiger partial charge in [0.15, 0.2) is 0 Å². The number of carbonyl (C=O) groups is 2. The van der Waals surface area contributed by atoms with Gasteiger partial charge in [-0.05, 0) is 47.4 Å². The Morgan fingerprint density at radius 1 is 0.941 bits per heavy atom. The van der Waals surface area contributed by atoms with Gasteiger partial charge in [0.1, 0.15) is 11.8 Å². The summed E-state index contributed by atoms with van der Waals surface area (Å²) in [7, 11) is 1.61. The molecule has 0 fully saturated rings. The van der Waals surface area contributed by atoms with Gasteiger partial charge in [-0.2, -0.15) is 0 Å². The van der Waals surface area contributed by atoms with Crippen LogP contribution in [0.2, 0.25) is 5.02 Å². The highest BCUT2D eigenvalue weighted by Gasteiger charge is 2.30. The van der Waals surface area contributed by atoms with Gasteiger partial charge in [-0.3, -0.25) is 9.59 Å². The number of nitrogens with one attached hydrogen (secondary N) is 1. The molecule has 34 heavy (non-hydrogen) atoms. The predicted molar refractivity (Wildman–Crippen MR) is 136 cm³/mol. The van der Waals surface area contributed by atoms with Gasteiger partial charge >= 0.3 is 0 Å². The summed E-state index contributed by atoms with van der Waals surface area (Å²) in [5.41, 5.74) is 2.73. The maximum Gasteiger partial charge on any atom is 0.243 e. The molecule has 5 nitrogen and oxygen atoms in total. The van der Waals surface area contributed by atoms with Crippen molar-refractivity contribution in [3.05, 3.63) is 101 Å². The van der Waals surface area contributed by atoms with E-state index in [0.717, 1.165) is 23.1 Å². The van der Waals surface area contributed by atoms with Crippen LogP contribution in [0.5, 0.6) is 5.75 Å². The Bertz CT molecular complexity index is 1070. The van der Waals surface area contributed by atoms with E-state index in [4.69, 9.17) is 16.3 Å². The van der Waals surface area contributed by atoms with Crippen LogP contribution < -0.4 is 10.1 Å². The third-order valence-electron chi connectivity index (χ3n) is 5.58. The van der Waals surface area contributed by atoms with Crippen molar-refractivity contribution >= 4 is 23.4 Å². The number of rotatable bonds is 11. The molecule has 1 atom stereocenters. The summed E-state index contributed by atoms with van der Waals surface area (Å²) in [6, 6.07) is 23.9. The standard InChI is InChI=1S/C28H31ClN2O3/c1-3-16-30-28(33)26(18-21-8-5-4-6-9-21)31(20-23-10-7-11-25(17-23)34-2)27(32)19-22-12-14-24(29)15-13-22/h4-15,17,26H,3,16,18-20H2,1-2H3,(H,30,33)/t26-/m1/s1. The number of nitrogens with zero attached hydrogens (tertiary/aromatic N) is 1. The lowest BCUT2D eigenvalue weighted by molar-refractivity contribution is -0.140. The lowest BCUT2D eigenvalue weighted by Crippen LogP contribution is -2.51. The van der Waals surface area contributed by atoms with Crippen molar-refractivity contribution in [2.75, 3.05) is 13.7 Å². The topological polar surface area (TPSA) is 58.6 Å². The third-order valence-corrected chi connectivity index (χ3v) is 5.83. The average molecular weight is 479 g/mol. The second-order valence-corrected chi connectivity index (χ2v) is 8.61. The van der Waals surface area contributed by atoms with E-state index in [2.05, 4.69) is 5.32 Å². The first kappa shape index (κ1) is 25.3. The molecule has 0 saturated carbocycles. The highest BCUT2D eigenvalue weighted by Crippen LogP contribution is 2.20. The third kappa shape index (κ3) is 7.35. The van der Waals surface area contributed by atoms with Crippen molar-refractivity contribution in [2.24, 2.45) is 0 Å². The molecule has 0 bridgehead atoms. The maximum atomic E-state index is 13.6. The number of hydrogen-bond acceptors (Lipinski definition) is 3. The van der Waals surface area contributed by atoms with Crippen molar-refractivity contribution in [3.63, 3.8) is 0 Å². The minimum Gasteiger partial charge on any atom is -0.497 e. The van der Waals surface area contributed by atoms with E-state index in [1.165, 1.54) is 0 Å². The molecule has 0 aromatic heterocycles. The van der Waals surface area contributed by atoms with Gasteiger partial charge < -0.3 is 15.0 Å². The maximum absolute atomic E-state index is 13.6. The molecule has 1 N–H and O–H groups in total. The molecule has 0 aliphatic heterocycles. The number of methoxy groups -OCH3 is 1. The Morgan fingerprint density at radius 2 is 1.65 bits per heavy atom. The number of carbonyl (C=O) groups excluding carboxylic acids is 2. The number of benzene rings is 3. The fourth-order valence-corrected chi connectivity index (χ4v) is 3.89. The molecule has 178 valence electrons. The Kier molecular flexibility index (Phi) is 9.53. The van der Waals surface area contributed by atoms with E-state index < -0.39 is 6.04 Å². The minimum atomic E-state index is -0.653. The number of ether oxygens (including phenoxy) is 1. The van der Waals surface area contributed by atoms with E-state index in [1.54, 1.807) is 24.1 Å². The summed E-state index contributed by atoms with van der Waals surface area (Å²) in [5, 5.41) is 3.61. The lowest BCUT2D eigenvalue weighted by atomic mass is 10.0. The molecule has 0 spiro atoms. The van der Waals surface area contributed by atoms with Crippen molar-refractivity contribution in [3.8, 4) is 5.75 Å². The Balaban J connectivity index is 1.95. The SMILES string of the molecule is CCCNC(=O)[C@@H](Cc1ccccc1)N(Cc1cccc(OC)c1)C(=O)Cc1ccc(Cl)cc1. The molecule has 0 radical (unpaired) electrons. The fourth-order valence-electron chi connectivity index (χ4n) is 3.77. The Labute approximate surface area is 206 Å². The minimum absolute atomic E-state index is 0.127. The second-order valence-electron chi connectivity index (χ2n) is 8.17. The molecule has 0 saturated heterocycles. The smallest absolute Gasteiger partial charge is 0.243 e. The van der Waals surface area contributed by atoms with Gasteiger partial charge in [0.05, 0.1) is 13.5 Å². The molecular weight excluding hydrogens is 448 g/mol. The predicted octanol–water partition coefficient (Wildman–Crippen LogP) is 5.06. The zero-order valence-electron chi connectivity index (χ0n) is 19.7. The van der Waals surface area contributed by atoms with Gasteiger partial charge in [0.2, 0.25) is 11.8 Å². The zero-order chi connectivity index (χ0) is 24.3. The van der Waals surface area contributed by atoms with E-state index in [0.29, 0.717) is 30.3 Å². The number of amides is 2. The van der Waals surface area contributed by atoms with Crippen LogP contribution in [-0.2, 0) is 29.0 Å². The van der Waals surface area contributed by atoms with Crippen LogP contribution in [0.1, 0.15) is 30.0 Å². The quantitative estimate of drug-likeness (QED) is 0.419. The van der Waals surface area contributed by atoms with Crippen LogP contribution in [-0.4, -0.2) is 36.4 Å². The molecular formula is C28H31ClN2O3. The summed E-state index contributed by atoms with van der Waals surface area (Å²) in [5.74, 6) is 0.424. The van der Waals surface area contributed by atoms with Gasteiger partial charge in [0, 0.05) is 24.5 Å². The normalized spacial score (nSPS) is 11.5. The van der Waals surface area contributed by atoms with E-state index in [9.17, 15) is 9.59 Å². The van der Waals surface area contributed by atoms with Crippen molar-refractivity contribution < 1.29 is 14.3 Å². The van der Waals surface area contributed by atoms with Crippen LogP contribution in [0.4, 0.5) is 0 Å². The highest BCUT2D eigenvalue weighted by atomic mass is 35.5. The summed E-state index contributed by atoms with van der Waals surface area (Å²) >= 11 is 6.02. The molecule has 3 aromatic rings. The van der Waals surface area contributed by atoms with Crippen molar-refractivity contribution in [1.82, 2.24) is 10.2 Å². The largest absolute Gasteiger partial charge is 0.497 e. The van der Waals surface area contributed by atoms with E-state index in [1.807, 2.05) is 73.7 Å². The molecule has 2 amide bonds. The second kappa shape index (κ2) is 12.8. The van der Waals surface area contributed by atoms with Crippen molar-refractivity contribution in [1.29, 1.82) is 0 Å². The van der Waals surface area contributed by atoms with Gasteiger partial charge in [-0.1, -0.05) is 73.1 Å². The lowest BCUT2D eigenvalue weighted by Gasteiger charge is -2.32. The van der Waals surface area contributed by atoms with E-state index >= 15 is 0 Å². The average Bonchev–Trinajstić information content (AvgIpc) is 2.86. The van der Waals surface area contributed by atoms with Crippen LogP contribution in [0.25, 0.3) is 0 Å². The number of hydrogen-bond donors (Lipinski definition) is 1. The summed E-state index contributed by atoms with van der Waals surface area (Å²) in [6.45, 7) is 2.86. The summed E-state index contributed by atoms with van der Waals surface area (Å²) in [4.78, 5) is 28.6. The Morgan fingerprint density at radius 3 is 2.32 bits per heavy atom. The molecule has 3 aromatic carbocycles. The monoisotopic (exact) mass is 478 g/mol. The van der Waals surface area contributed by atoms with Crippen LogP contribution in [0.3, 0.4) is 0 Å². The zero-order valence-corrected chi connectivity index (χ0v) is 20.4. The first-order chi connectivity index (χ1) is 16.5. The van der Waals surface area contributed by atoms with Crippen LogP contribution in [0, 0.1) is 0 Å². The van der Waals surface area contributed by atoms with Crippen LogP contribution >= 0.6 is 11.6 Å². The molecule has 0 aliphatic rings. The first-order valence-corrected chi connectivity index (χ1v) is 11.9. The molecule has 6 heteroatoms. The highest BCUT2D eigenvalue weighted by molar-refractivity contribution is 6.30. The molecule has 0 unspecified atom stereocenters.